The van der Waals surface area contributed by atoms with Crippen LogP contribution in [0.25, 0.3) is 0 Å². The van der Waals surface area contributed by atoms with Gasteiger partial charge < -0.3 is 10.1 Å². The van der Waals surface area contributed by atoms with Crippen molar-refractivity contribution in [2.24, 2.45) is 0 Å². The van der Waals surface area contributed by atoms with Crippen LogP contribution in [0.1, 0.15) is 69.0 Å². The average Bonchev–Trinajstić information content (AvgIpc) is 3.03. The van der Waals surface area contributed by atoms with Gasteiger partial charge in [-0.15, -0.1) is 11.3 Å². The third kappa shape index (κ3) is 3.41. The van der Waals surface area contributed by atoms with Crippen molar-refractivity contribution in [3.8, 4) is 0 Å². The topological polar surface area (TPSA) is 34.1 Å². The molecule has 0 aliphatic heterocycles. The molecule has 0 bridgehead atoms. The van der Waals surface area contributed by atoms with Crippen LogP contribution in [0.3, 0.4) is 0 Å². The molecule has 4 heteroatoms. The minimum Gasteiger partial charge on any atom is -0.368 e. The van der Waals surface area contributed by atoms with Gasteiger partial charge in [-0.3, -0.25) is 0 Å². The molecule has 0 atom stereocenters. The van der Waals surface area contributed by atoms with Gasteiger partial charge in [-0.1, -0.05) is 33.6 Å². The fraction of sp³-hybridized carbons (Fsp3) is 0.812. The Bertz CT molecular complexity index is 422. The van der Waals surface area contributed by atoms with E-state index in [0.29, 0.717) is 6.04 Å². The first-order chi connectivity index (χ1) is 9.61. The van der Waals surface area contributed by atoms with Gasteiger partial charge in [0.05, 0.1) is 5.69 Å². The van der Waals surface area contributed by atoms with E-state index < -0.39 is 0 Å². The van der Waals surface area contributed by atoms with Gasteiger partial charge in [-0.2, -0.15) is 0 Å². The first-order valence-corrected chi connectivity index (χ1v) is 8.79. The maximum atomic E-state index is 6.14. The standard InChI is InChI=1S/C16H28N2OS/c1-5-13-14(11-17-12(3)4)20-15(18-13)16(19-6-2)9-7-8-10-16/h12,17H,5-11H2,1-4H3. The van der Waals surface area contributed by atoms with Crippen molar-refractivity contribution in [1.82, 2.24) is 10.3 Å². The molecule has 0 unspecified atom stereocenters. The van der Waals surface area contributed by atoms with Gasteiger partial charge in [0.15, 0.2) is 0 Å². The van der Waals surface area contributed by atoms with E-state index in [-0.39, 0.29) is 5.60 Å². The predicted octanol–water partition coefficient (Wildman–Crippen LogP) is 4.01. The van der Waals surface area contributed by atoms with Gasteiger partial charge in [0, 0.05) is 24.1 Å². The summed E-state index contributed by atoms with van der Waals surface area (Å²) >= 11 is 1.86. The Labute approximate surface area is 127 Å². The number of nitrogens with zero attached hydrogens (tertiary/aromatic N) is 1. The van der Waals surface area contributed by atoms with Crippen molar-refractivity contribution < 1.29 is 4.74 Å². The number of thiazole rings is 1. The van der Waals surface area contributed by atoms with E-state index in [2.05, 4.69) is 33.0 Å². The third-order valence-corrected chi connectivity index (χ3v) is 5.29. The van der Waals surface area contributed by atoms with E-state index in [0.717, 1.165) is 32.4 Å². The molecule has 0 spiro atoms. The second-order valence-electron chi connectivity index (χ2n) is 5.91. The van der Waals surface area contributed by atoms with E-state index in [1.807, 2.05) is 11.3 Å². The molecule has 1 N–H and O–H groups in total. The number of ether oxygens (including phenoxy) is 1. The first kappa shape index (κ1) is 15.9. The molecule has 1 saturated carbocycles. The largest absolute Gasteiger partial charge is 0.368 e. The molecule has 1 aromatic rings. The van der Waals surface area contributed by atoms with Crippen molar-refractivity contribution in [3.63, 3.8) is 0 Å². The summed E-state index contributed by atoms with van der Waals surface area (Å²) in [6, 6.07) is 0.512. The van der Waals surface area contributed by atoms with Crippen LogP contribution in [0.4, 0.5) is 0 Å². The highest BCUT2D eigenvalue weighted by molar-refractivity contribution is 7.11. The van der Waals surface area contributed by atoms with Crippen molar-refractivity contribution in [3.05, 3.63) is 15.6 Å². The summed E-state index contributed by atoms with van der Waals surface area (Å²) < 4.78 is 6.14. The lowest BCUT2D eigenvalue weighted by Gasteiger charge is -2.26. The molecule has 0 saturated heterocycles. The van der Waals surface area contributed by atoms with Crippen LogP contribution < -0.4 is 5.32 Å². The monoisotopic (exact) mass is 296 g/mol. The summed E-state index contributed by atoms with van der Waals surface area (Å²) in [5.41, 5.74) is 1.17. The number of hydrogen-bond donors (Lipinski definition) is 1. The zero-order chi connectivity index (χ0) is 14.6. The maximum Gasteiger partial charge on any atom is 0.125 e. The van der Waals surface area contributed by atoms with Crippen LogP contribution in [0.2, 0.25) is 0 Å². The summed E-state index contributed by atoms with van der Waals surface area (Å²) in [4.78, 5) is 6.32. The Hall–Kier alpha value is -0.450. The molecule has 20 heavy (non-hydrogen) atoms. The third-order valence-electron chi connectivity index (χ3n) is 4.01. The lowest BCUT2D eigenvalue weighted by molar-refractivity contribution is -0.0392. The summed E-state index contributed by atoms with van der Waals surface area (Å²) in [5.74, 6) is 0. The minimum atomic E-state index is -0.0839. The molecule has 114 valence electrons. The maximum absolute atomic E-state index is 6.14. The van der Waals surface area contributed by atoms with Crippen LogP contribution in [-0.2, 0) is 23.3 Å². The van der Waals surface area contributed by atoms with Crippen LogP contribution in [0, 0.1) is 0 Å². The Balaban J connectivity index is 2.22. The minimum absolute atomic E-state index is 0.0839. The second kappa shape index (κ2) is 7.01. The molecule has 2 rings (SSSR count). The lowest BCUT2D eigenvalue weighted by Crippen LogP contribution is -2.26. The summed E-state index contributed by atoms with van der Waals surface area (Å²) in [5, 5.41) is 4.73. The average molecular weight is 296 g/mol. The van der Waals surface area contributed by atoms with Crippen molar-refractivity contribution in [2.45, 2.75) is 78.0 Å². The van der Waals surface area contributed by atoms with E-state index in [9.17, 15) is 0 Å². The fourth-order valence-electron chi connectivity index (χ4n) is 2.93. The van der Waals surface area contributed by atoms with E-state index >= 15 is 0 Å². The zero-order valence-electron chi connectivity index (χ0n) is 13.3. The van der Waals surface area contributed by atoms with Crippen LogP contribution in [0.15, 0.2) is 0 Å². The Morgan fingerprint density at radius 1 is 1.30 bits per heavy atom. The number of aromatic nitrogens is 1. The zero-order valence-corrected chi connectivity index (χ0v) is 14.1. The van der Waals surface area contributed by atoms with Gasteiger partial charge >= 0.3 is 0 Å². The quantitative estimate of drug-likeness (QED) is 0.825. The molecule has 1 aromatic heterocycles. The highest BCUT2D eigenvalue weighted by atomic mass is 32.1. The van der Waals surface area contributed by atoms with Crippen molar-refractivity contribution in [2.75, 3.05) is 6.61 Å². The Morgan fingerprint density at radius 2 is 2.00 bits per heavy atom. The molecule has 1 fully saturated rings. The number of nitrogens with one attached hydrogen (secondary N) is 1. The highest BCUT2D eigenvalue weighted by Crippen LogP contribution is 2.44. The molecular weight excluding hydrogens is 268 g/mol. The molecule has 1 aliphatic carbocycles. The molecule has 0 amide bonds. The van der Waals surface area contributed by atoms with Crippen LogP contribution >= 0.6 is 11.3 Å². The van der Waals surface area contributed by atoms with Gasteiger partial charge in [-0.25, -0.2) is 4.98 Å². The van der Waals surface area contributed by atoms with Gasteiger partial charge in [-0.05, 0) is 26.2 Å². The summed E-state index contributed by atoms with van der Waals surface area (Å²) in [6.07, 6.45) is 5.80. The molecular formula is C16H28N2OS. The lowest BCUT2D eigenvalue weighted by atomic mass is 10.0. The second-order valence-corrected chi connectivity index (χ2v) is 7.00. The SMILES string of the molecule is CCOC1(c2nc(CC)c(CNC(C)C)s2)CCCC1. The van der Waals surface area contributed by atoms with E-state index in [1.165, 1.54) is 28.4 Å². The predicted molar refractivity (Wildman–Crippen MR) is 85.2 cm³/mol. The Kier molecular flexibility index (Phi) is 5.58. The smallest absolute Gasteiger partial charge is 0.125 e. The summed E-state index contributed by atoms with van der Waals surface area (Å²) in [7, 11) is 0. The fourth-order valence-corrected chi connectivity index (χ4v) is 4.23. The van der Waals surface area contributed by atoms with Crippen molar-refractivity contribution >= 4 is 11.3 Å². The number of aryl methyl sites for hydroxylation is 1. The molecule has 3 nitrogen and oxygen atoms in total. The van der Waals surface area contributed by atoms with Gasteiger partial charge in [0.25, 0.3) is 0 Å². The summed E-state index contributed by atoms with van der Waals surface area (Å²) in [6.45, 7) is 10.4. The highest BCUT2D eigenvalue weighted by Gasteiger charge is 2.39. The Morgan fingerprint density at radius 3 is 2.55 bits per heavy atom. The normalized spacial score (nSPS) is 18.1. The van der Waals surface area contributed by atoms with Crippen LogP contribution in [-0.4, -0.2) is 17.6 Å². The molecule has 0 aromatic carbocycles. The van der Waals surface area contributed by atoms with Gasteiger partial charge in [0.2, 0.25) is 0 Å². The number of rotatable bonds is 7. The first-order valence-electron chi connectivity index (χ1n) is 7.97. The molecule has 0 radical (unpaired) electrons. The molecule has 1 heterocycles. The number of hydrogen-bond acceptors (Lipinski definition) is 4. The van der Waals surface area contributed by atoms with E-state index in [1.54, 1.807) is 0 Å². The van der Waals surface area contributed by atoms with Crippen molar-refractivity contribution in [1.29, 1.82) is 0 Å². The van der Waals surface area contributed by atoms with Crippen LogP contribution in [0.5, 0.6) is 0 Å². The van der Waals surface area contributed by atoms with Gasteiger partial charge in [0.1, 0.15) is 10.6 Å². The van der Waals surface area contributed by atoms with E-state index in [4.69, 9.17) is 9.72 Å². The molecule has 1 aliphatic rings.